The van der Waals surface area contributed by atoms with E-state index in [1.807, 2.05) is 40.8 Å². The largest absolute Gasteiger partial charge is 0.381 e. The van der Waals surface area contributed by atoms with Crippen LogP contribution in [-0.4, -0.2) is 51.9 Å². The fourth-order valence-corrected chi connectivity index (χ4v) is 5.05. The molecule has 5 rings (SSSR count). The molecular formula is C26H30N6O3. The first kappa shape index (κ1) is 23.1. The number of amides is 1. The lowest BCUT2D eigenvalue weighted by Crippen LogP contribution is -2.40. The molecule has 35 heavy (non-hydrogen) atoms. The molecule has 9 nitrogen and oxygen atoms in total. The number of methoxy groups -OCH3 is 1. The highest BCUT2D eigenvalue weighted by Crippen LogP contribution is 2.43. The highest BCUT2D eigenvalue weighted by molar-refractivity contribution is 5.96. The van der Waals surface area contributed by atoms with Crippen LogP contribution in [0.25, 0.3) is 10.9 Å². The second-order valence-corrected chi connectivity index (χ2v) is 9.51. The van der Waals surface area contributed by atoms with E-state index in [2.05, 4.69) is 16.4 Å². The van der Waals surface area contributed by atoms with Gasteiger partial charge in [0.2, 0.25) is 0 Å². The fourth-order valence-electron chi connectivity index (χ4n) is 5.05. The molecule has 0 bridgehead atoms. The van der Waals surface area contributed by atoms with Crippen LogP contribution in [0.2, 0.25) is 0 Å². The first-order valence-electron chi connectivity index (χ1n) is 12.2. The zero-order valence-corrected chi connectivity index (χ0v) is 20.1. The Morgan fingerprint density at radius 3 is 2.71 bits per heavy atom. The summed E-state index contributed by atoms with van der Waals surface area (Å²) in [5.41, 5.74) is 2.75. The predicted molar refractivity (Wildman–Crippen MR) is 133 cm³/mol. The minimum atomic E-state index is -0.231. The number of nitriles is 1. The number of carbonyl (C=O) groups is 1. The number of nitrogens with zero attached hydrogens (tertiary/aromatic N) is 4. The van der Waals surface area contributed by atoms with Gasteiger partial charge < -0.3 is 19.9 Å². The van der Waals surface area contributed by atoms with E-state index in [4.69, 9.17) is 9.84 Å². The van der Waals surface area contributed by atoms with Gasteiger partial charge in [0.05, 0.1) is 30.2 Å². The number of carbonyl (C=O) groups excluding carboxylic acids is 1. The SMILES string of the molecule is COC1CCN(C(=O)c2ccc(Nc3nn(C(CC#N)C4CC4)c4cc[nH]c(=O)c34)cc2C)CC1. The molecule has 3 aromatic rings. The Morgan fingerprint density at radius 1 is 1.29 bits per heavy atom. The summed E-state index contributed by atoms with van der Waals surface area (Å²) in [5.74, 6) is 0.885. The van der Waals surface area contributed by atoms with Crippen molar-refractivity contribution in [2.75, 3.05) is 25.5 Å². The maximum absolute atomic E-state index is 13.1. The molecule has 0 radical (unpaired) electrons. The Hall–Kier alpha value is -3.64. The Balaban J connectivity index is 1.42. The van der Waals surface area contributed by atoms with E-state index in [-0.39, 0.29) is 23.6 Å². The normalized spacial score (nSPS) is 17.3. The predicted octanol–water partition coefficient (Wildman–Crippen LogP) is 3.89. The van der Waals surface area contributed by atoms with Crippen molar-refractivity contribution in [1.29, 1.82) is 5.26 Å². The molecule has 1 aliphatic heterocycles. The number of aromatic amines is 1. The van der Waals surface area contributed by atoms with Gasteiger partial charge in [-0.2, -0.15) is 10.4 Å². The van der Waals surface area contributed by atoms with Crippen LogP contribution < -0.4 is 10.9 Å². The number of rotatable bonds is 7. The number of nitrogens with one attached hydrogen (secondary N) is 2. The van der Waals surface area contributed by atoms with Crippen molar-refractivity contribution in [3.05, 3.63) is 51.9 Å². The van der Waals surface area contributed by atoms with Crippen LogP contribution in [0.3, 0.4) is 0 Å². The third-order valence-corrected chi connectivity index (χ3v) is 7.19. The lowest BCUT2D eigenvalue weighted by molar-refractivity contribution is 0.0350. The van der Waals surface area contributed by atoms with Crippen molar-refractivity contribution in [3.8, 4) is 6.07 Å². The summed E-state index contributed by atoms with van der Waals surface area (Å²) in [6.45, 7) is 3.29. The van der Waals surface area contributed by atoms with E-state index in [0.29, 0.717) is 47.7 Å². The van der Waals surface area contributed by atoms with Gasteiger partial charge in [-0.1, -0.05) is 0 Å². The molecule has 182 valence electrons. The van der Waals surface area contributed by atoms with Crippen molar-refractivity contribution in [1.82, 2.24) is 19.7 Å². The van der Waals surface area contributed by atoms with Gasteiger partial charge in [-0.15, -0.1) is 0 Å². The number of likely N-dealkylation sites (tertiary alicyclic amines) is 1. The lowest BCUT2D eigenvalue weighted by Gasteiger charge is -2.31. The number of piperidine rings is 1. The average molecular weight is 475 g/mol. The first-order chi connectivity index (χ1) is 17.0. The standard InChI is InChI=1S/C26H30N6O3/c1-16-15-18(5-6-20(16)26(34)31-13-9-19(35-2)10-14-31)29-24-23-22(8-12-28-25(23)33)32(30-24)21(7-11-27)17-3-4-17/h5-6,8,12,15,17,19,21H,3-4,7,9-10,13-14H2,1-2H3,(H,28,33)(H,29,30). The number of pyridine rings is 1. The third kappa shape index (κ3) is 4.54. The number of benzene rings is 1. The van der Waals surface area contributed by atoms with Crippen LogP contribution in [0, 0.1) is 24.2 Å². The fraction of sp³-hybridized carbons (Fsp3) is 0.462. The molecule has 1 amide bonds. The second kappa shape index (κ2) is 9.55. The van der Waals surface area contributed by atoms with Crippen LogP contribution in [0.1, 0.15) is 54.1 Å². The number of anilines is 2. The molecule has 0 spiro atoms. The average Bonchev–Trinajstić information content (AvgIpc) is 3.64. The number of hydrogen-bond acceptors (Lipinski definition) is 6. The maximum atomic E-state index is 13.1. The summed E-state index contributed by atoms with van der Waals surface area (Å²) in [6, 6.07) is 9.64. The third-order valence-electron chi connectivity index (χ3n) is 7.19. The van der Waals surface area contributed by atoms with E-state index in [0.717, 1.165) is 36.9 Å². The maximum Gasteiger partial charge on any atom is 0.261 e. The molecule has 2 N–H and O–H groups in total. The Bertz CT molecular complexity index is 1340. The van der Waals surface area contributed by atoms with Gasteiger partial charge in [0.15, 0.2) is 5.82 Å². The van der Waals surface area contributed by atoms with Gasteiger partial charge in [0.1, 0.15) is 5.39 Å². The summed E-state index contributed by atoms with van der Waals surface area (Å²) in [5, 5.41) is 17.9. The molecule has 1 saturated heterocycles. The van der Waals surface area contributed by atoms with Gasteiger partial charge >= 0.3 is 0 Å². The minimum Gasteiger partial charge on any atom is -0.381 e. The molecule has 1 saturated carbocycles. The number of aromatic nitrogens is 3. The summed E-state index contributed by atoms with van der Waals surface area (Å²) in [7, 11) is 1.72. The van der Waals surface area contributed by atoms with Crippen molar-refractivity contribution in [2.45, 2.75) is 51.2 Å². The van der Waals surface area contributed by atoms with E-state index < -0.39 is 0 Å². The van der Waals surface area contributed by atoms with Gasteiger partial charge in [-0.25, -0.2) is 0 Å². The van der Waals surface area contributed by atoms with Gasteiger partial charge in [-0.05, 0) is 68.4 Å². The molecule has 2 aromatic heterocycles. The first-order valence-corrected chi connectivity index (χ1v) is 12.2. The van der Waals surface area contributed by atoms with Crippen LogP contribution in [0.5, 0.6) is 0 Å². The summed E-state index contributed by atoms with van der Waals surface area (Å²) in [6.07, 6.45) is 6.01. The van der Waals surface area contributed by atoms with E-state index in [1.165, 1.54) is 0 Å². The van der Waals surface area contributed by atoms with Crippen molar-refractivity contribution in [2.24, 2.45) is 5.92 Å². The highest BCUT2D eigenvalue weighted by Gasteiger charge is 2.34. The summed E-state index contributed by atoms with van der Waals surface area (Å²) >= 11 is 0. The summed E-state index contributed by atoms with van der Waals surface area (Å²) < 4.78 is 7.25. The van der Waals surface area contributed by atoms with Gasteiger partial charge in [0, 0.05) is 37.6 Å². The van der Waals surface area contributed by atoms with E-state index >= 15 is 0 Å². The van der Waals surface area contributed by atoms with Crippen LogP contribution >= 0.6 is 0 Å². The lowest BCUT2D eigenvalue weighted by atomic mass is 10.0. The Morgan fingerprint density at radius 2 is 2.06 bits per heavy atom. The van der Waals surface area contributed by atoms with Crippen LogP contribution in [0.4, 0.5) is 11.5 Å². The zero-order valence-electron chi connectivity index (χ0n) is 20.1. The van der Waals surface area contributed by atoms with Crippen LogP contribution in [0.15, 0.2) is 35.3 Å². The number of fused-ring (bicyclic) bond motifs is 1. The molecule has 1 atom stereocenters. The minimum absolute atomic E-state index is 0.0264. The number of aryl methyl sites for hydroxylation is 1. The smallest absolute Gasteiger partial charge is 0.261 e. The molecule has 1 aromatic carbocycles. The highest BCUT2D eigenvalue weighted by atomic mass is 16.5. The Kier molecular flexibility index (Phi) is 6.31. The second-order valence-electron chi connectivity index (χ2n) is 9.51. The van der Waals surface area contributed by atoms with Gasteiger partial charge in [-0.3, -0.25) is 14.3 Å². The van der Waals surface area contributed by atoms with Gasteiger partial charge in [0.25, 0.3) is 11.5 Å². The molecular weight excluding hydrogens is 444 g/mol. The molecule has 2 aliphatic rings. The summed E-state index contributed by atoms with van der Waals surface area (Å²) in [4.78, 5) is 30.4. The molecule has 1 unspecified atom stereocenters. The van der Waals surface area contributed by atoms with Crippen LogP contribution in [-0.2, 0) is 4.74 Å². The van der Waals surface area contributed by atoms with E-state index in [1.54, 1.807) is 13.3 Å². The monoisotopic (exact) mass is 474 g/mol. The molecule has 3 heterocycles. The van der Waals surface area contributed by atoms with Crippen molar-refractivity contribution >= 4 is 28.3 Å². The van der Waals surface area contributed by atoms with Crippen molar-refractivity contribution < 1.29 is 9.53 Å². The zero-order chi connectivity index (χ0) is 24.5. The van der Waals surface area contributed by atoms with Crippen molar-refractivity contribution in [3.63, 3.8) is 0 Å². The topological polar surface area (TPSA) is 116 Å². The quantitative estimate of drug-likeness (QED) is 0.537. The number of hydrogen-bond donors (Lipinski definition) is 2. The molecule has 9 heteroatoms. The number of ether oxygens (including phenoxy) is 1. The Labute approximate surface area is 203 Å². The molecule has 2 fully saturated rings. The molecule has 1 aliphatic carbocycles. The number of H-pyrrole nitrogens is 1. The van der Waals surface area contributed by atoms with E-state index in [9.17, 15) is 14.9 Å².